The normalized spacial score (nSPS) is 26.4. The van der Waals surface area contributed by atoms with Crippen molar-refractivity contribution in [1.82, 2.24) is 41.5 Å². The van der Waals surface area contributed by atoms with Crippen LogP contribution in [0.2, 0.25) is 0 Å². The van der Waals surface area contributed by atoms with Gasteiger partial charge in [-0.3, -0.25) is 42.9 Å². The van der Waals surface area contributed by atoms with Crippen molar-refractivity contribution in [2.45, 2.75) is 145 Å². The average Bonchev–Trinajstić information content (AvgIpc) is 2.76. The molecule has 3 fully saturated rings. The number of fused-ring (bicyclic) bond motifs is 2. The van der Waals surface area contributed by atoms with Gasteiger partial charge in [-0.15, -0.1) is 0 Å². The Morgan fingerprint density at radius 1 is 0.787 bits per heavy atom. The van der Waals surface area contributed by atoms with E-state index in [0.717, 1.165) is 32.3 Å². The summed E-state index contributed by atoms with van der Waals surface area (Å²) in [4.78, 5) is 115. The molecule has 15 atom stereocenters. The van der Waals surface area contributed by atoms with Gasteiger partial charge in [0, 0.05) is 54.6 Å². The van der Waals surface area contributed by atoms with Crippen LogP contribution in [0.15, 0.2) is 77.3 Å². The van der Waals surface area contributed by atoms with Crippen LogP contribution in [0.4, 0.5) is 0 Å². The van der Waals surface area contributed by atoms with E-state index >= 15 is 0 Å². The maximum Gasteiger partial charge on any atom is 0.446 e. The van der Waals surface area contributed by atoms with Gasteiger partial charge in [0.1, 0.15) is 66.0 Å². The first-order chi connectivity index (χ1) is 42.0. The van der Waals surface area contributed by atoms with E-state index in [1.807, 2.05) is 10.6 Å². The van der Waals surface area contributed by atoms with Crippen LogP contribution in [0, 0.1) is 5.92 Å². The van der Waals surface area contributed by atoms with Gasteiger partial charge in [0.2, 0.25) is 41.4 Å². The third-order valence-electron chi connectivity index (χ3n) is 15.2. The Hall–Kier alpha value is -8.38. The Balaban J connectivity index is 1.22. The van der Waals surface area contributed by atoms with Gasteiger partial charge in [-0.25, -0.2) is 0 Å². The average molecular weight is 1270 g/mol. The number of nitrogens with one attached hydrogen (secondary N) is 5. The molecular formula is C56H71N9O23S. The van der Waals surface area contributed by atoms with E-state index in [9.17, 15) is 97.3 Å². The lowest BCUT2D eigenvalue weighted by atomic mass is 9.96. The van der Waals surface area contributed by atoms with Gasteiger partial charge >= 0.3 is 10.4 Å². The Labute approximate surface area is 507 Å². The zero-order chi connectivity index (χ0) is 65.3. The second-order valence-electron chi connectivity index (χ2n) is 21.9. The van der Waals surface area contributed by atoms with Crippen LogP contribution in [-0.2, 0) is 44.0 Å². The van der Waals surface area contributed by atoms with Gasteiger partial charge in [0.25, 0.3) is 5.91 Å². The number of rotatable bonds is 18. The minimum atomic E-state index is -5.35. The highest BCUT2D eigenvalue weighted by Crippen LogP contribution is 2.34. The van der Waals surface area contributed by atoms with E-state index < -0.39 is 198 Å². The number of hydrogen-bond donors (Lipinski definition) is 16. The Bertz CT molecular complexity index is 3340. The first-order valence-electron chi connectivity index (χ1n) is 28.1. The number of ether oxygens (including phenoxy) is 1. The molecule has 8 amide bonds. The van der Waals surface area contributed by atoms with E-state index in [2.05, 4.69) is 32.2 Å². The molecule has 3 aliphatic heterocycles. The molecule has 3 saturated heterocycles. The number of unbranched alkanes of at least 4 members (excludes halogenated alkanes) is 2. The molecule has 0 saturated carbocycles. The summed E-state index contributed by atoms with van der Waals surface area (Å²) < 4.78 is 48.1. The van der Waals surface area contributed by atoms with Crippen LogP contribution in [-0.4, -0.2) is 220 Å². The molecule has 1 aromatic heterocycles. The van der Waals surface area contributed by atoms with Crippen LogP contribution in [0.1, 0.15) is 81.3 Å². The van der Waals surface area contributed by atoms with Gasteiger partial charge in [-0.1, -0.05) is 50.0 Å². The molecule has 484 valence electrons. The van der Waals surface area contributed by atoms with Crippen molar-refractivity contribution < 1.29 is 111 Å². The Morgan fingerprint density at radius 2 is 1.43 bits per heavy atom. The topological polar surface area (TPSA) is 510 Å². The minimum absolute atomic E-state index is 0.107. The zero-order valence-corrected chi connectivity index (χ0v) is 48.9. The van der Waals surface area contributed by atoms with E-state index in [0.29, 0.717) is 56.9 Å². The minimum Gasteiger partial charge on any atom is -0.504 e. The van der Waals surface area contributed by atoms with Gasteiger partial charge < -0.3 is 102 Å². The van der Waals surface area contributed by atoms with Gasteiger partial charge in [0.15, 0.2) is 23.5 Å². The summed E-state index contributed by atoms with van der Waals surface area (Å²) >= 11 is 0. The van der Waals surface area contributed by atoms with Crippen LogP contribution in [0.25, 0.3) is 22.6 Å². The third kappa shape index (κ3) is 16.9. The number of nitrogens with zero attached hydrogens (tertiary/aromatic N) is 3. The molecule has 32 nitrogen and oxygen atoms in total. The standard InChI is InChI=1S/C56H71N9O23S/c1-4-5-6-17-86-32-14-11-28(12-15-32)39-21-33(63-87-39)27-7-9-29(10-8-27)49(75)58-34-20-38(70)52(78)62-54(80)45-46(72)25(2)23-65(45)56(82)43(37(69)22-41(57)71)60-53(79)44(48(74)47(73)30-13-16-36(68)40(18-30)88-89(83,84)85)61-51(77)35-19-31(67)24-64(35)55(81)42(26(3)66)59-50(34)76/h7-16,18,21,25-26,31,34-35,37-38,42-48,52,66-70,72-74,78H,4-6,17,19-20,22-24H2,1-3H3,(H2,57,71)(H,58,75)(H,59,76)(H,60,79)(H,61,77)(H,62,80)(H,83,84,85)/t25-,26+,31+,34+,35-,37+,38+,42-,43-,44?,45-,46+,47-,48-,52+/m1/s1. The lowest BCUT2D eigenvalue weighted by molar-refractivity contribution is -0.149. The molecular weight excluding hydrogens is 1200 g/mol. The molecule has 1 unspecified atom stereocenters. The van der Waals surface area contributed by atoms with Crippen LogP contribution >= 0.6 is 0 Å². The summed E-state index contributed by atoms with van der Waals surface area (Å²) in [6.45, 7) is 3.74. The van der Waals surface area contributed by atoms with Crippen molar-refractivity contribution in [1.29, 1.82) is 0 Å². The molecule has 0 radical (unpaired) electrons. The summed E-state index contributed by atoms with van der Waals surface area (Å²) in [5.74, 6) is -12.9. The van der Waals surface area contributed by atoms with E-state index in [1.165, 1.54) is 31.2 Å². The van der Waals surface area contributed by atoms with Crippen molar-refractivity contribution in [2.75, 3.05) is 19.7 Å². The van der Waals surface area contributed by atoms with Crippen LogP contribution in [0.3, 0.4) is 0 Å². The summed E-state index contributed by atoms with van der Waals surface area (Å²) in [5.41, 5.74) is 6.17. The number of benzene rings is 3. The maximum absolute atomic E-state index is 14.7. The second-order valence-corrected chi connectivity index (χ2v) is 22.9. The summed E-state index contributed by atoms with van der Waals surface area (Å²) in [6, 6.07) is 3.52. The molecule has 17 N–H and O–H groups in total. The first kappa shape index (κ1) is 68.1. The summed E-state index contributed by atoms with van der Waals surface area (Å²) in [5, 5.41) is 116. The highest BCUT2D eigenvalue weighted by Gasteiger charge is 2.51. The lowest BCUT2D eigenvalue weighted by Gasteiger charge is -2.34. The summed E-state index contributed by atoms with van der Waals surface area (Å²) in [6.07, 6.45) is -17.3. The highest BCUT2D eigenvalue weighted by molar-refractivity contribution is 7.81. The Morgan fingerprint density at radius 3 is 2.07 bits per heavy atom. The first-order valence-corrected chi connectivity index (χ1v) is 29.5. The number of aliphatic hydroxyl groups is 8. The molecule has 4 heterocycles. The number of carbonyl (C=O) groups excluding carboxylic acids is 8. The highest BCUT2D eigenvalue weighted by atomic mass is 32.3. The number of primary amides is 1. The molecule has 89 heavy (non-hydrogen) atoms. The van der Waals surface area contributed by atoms with E-state index in [4.69, 9.17) is 15.0 Å². The number of amides is 8. The van der Waals surface area contributed by atoms with Crippen LogP contribution < -0.4 is 41.2 Å². The third-order valence-corrected chi connectivity index (χ3v) is 15.6. The van der Waals surface area contributed by atoms with Crippen molar-refractivity contribution >= 4 is 57.7 Å². The molecule has 3 aliphatic rings. The summed E-state index contributed by atoms with van der Waals surface area (Å²) in [7, 11) is -5.35. The smallest absolute Gasteiger partial charge is 0.446 e. The number of phenolic OH excluding ortho intramolecular Hbond substituents is 1. The van der Waals surface area contributed by atoms with Crippen molar-refractivity contribution in [3.63, 3.8) is 0 Å². The SMILES string of the molecule is CCCCCOc1ccc(-c2cc(-c3ccc(C(=O)N[C@H]4C[C@H](O)[C@H](O)NC(=O)[C@H]5[C@@H](O)[C@H](C)CN5C(=O)[C@@H]([C@@H](O)CC(N)=O)NC(=O)C([C@@H](O)[C@H](O)c5ccc(O)c(OS(=O)(=O)O)c5)NC(=O)[C@H]5C[C@H](O)CN5C(=O)[C@@H]([C@H](C)O)NC4=O)cc3)no2)cc1. The van der Waals surface area contributed by atoms with Crippen molar-refractivity contribution in [2.24, 2.45) is 11.7 Å². The quantitative estimate of drug-likeness (QED) is 0.0334. The fourth-order valence-electron chi connectivity index (χ4n) is 10.3. The lowest BCUT2D eigenvalue weighted by Crippen LogP contribution is -2.64. The zero-order valence-electron chi connectivity index (χ0n) is 48.1. The van der Waals surface area contributed by atoms with E-state index in [1.54, 1.807) is 30.3 Å². The predicted octanol–water partition coefficient (Wildman–Crippen LogP) is -3.90. The number of carbonyl (C=O) groups is 8. The molecule has 4 aromatic rings. The molecule has 3 aromatic carbocycles. The number of phenols is 1. The largest absolute Gasteiger partial charge is 0.504 e. The van der Waals surface area contributed by atoms with Crippen molar-refractivity contribution in [3.8, 4) is 39.8 Å². The fourth-order valence-corrected chi connectivity index (χ4v) is 10.7. The maximum atomic E-state index is 14.7. The molecule has 7 rings (SSSR count). The van der Waals surface area contributed by atoms with Gasteiger partial charge in [-0.2, -0.15) is 8.42 Å². The number of hydrogen-bond acceptors (Lipinski definition) is 23. The number of aromatic hydroxyl groups is 1. The number of nitrogens with two attached hydrogens (primary N) is 1. The molecule has 0 aliphatic carbocycles. The monoisotopic (exact) mass is 1270 g/mol. The van der Waals surface area contributed by atoms with Gasteiger partial charge in [0.05, 0.1) is 37.4 Å². The molecule has 0 spiro atoms. The number of aromatic nitrogens is 1. The van der Waals surface area contributed by atoms with Crippen LogP contribution in [0.5, 0.6) is 17.2 Å². The predicted molar refractivity (Wildman–Crippen MR) is 304 cm³/mol. The fraction of sp³-hybridized carbons (Fsp3) is 0.482. The molecule has 0 bridgehead atoms. The number of aliphatic hydroxyl groups excluding tert-OH is 8. The van der Waals surface area contributed by atoms with E-state index in [-0.39, 0.29) is 5.56 Å². The van der Waals surface area contributed by atoms with Gasteiger partial charge in [-0.05, 0) is 67.4 Å². The molecule has 33 heteroatoms. The Kier molecular flexibility index (Phi) is 22.4. The second kappa shape index (κ2) is 29.3. The van der Waals surface area contributed by atoms with Crippen molar-refractivity contribution in [3.05, 3.63) is 83.9 Å².